The van der Waals surface area contributed by atoms with Gasteiger partial charge >= 0.3 is 0 Å². The molecule has 1 rings (SSSR count). The Hall–Kier alpha value is -1.06. The molecule has 14 heavy (non-hydrogen) atoms. The van der Waals surface area contributed by atoms with Gasteiger partial charge in [0.2, 0.25) is 0 Å². The maximum atomic E-state index is 9.66. The molecular weight excluding hydrogens is 178 g/mol. The predicted molar refractivity (Wildman–Crippen MR) is 56.5 cm³/mol. The minimum Gasteiger partial charge on any atom is -0.508 e. The third kappa shape index (κ3) is 3.01. The number of phenolic OH excluding ortho intramolecular Hbond substituents is 1. The van der Waals surface area contributed by atoms with Gasteiger partial charge in [0.25, 0.3) is 0 Å². The van der Waals surface area contributed by atoms with Crippen LogP contribution in [0.1, 0.15) is 11.1 Å². The molecule has 0 saturated heterocycles. The van der Waals surface area contributed by atoms with Crippen LogP contribution in [0.15, 0.2) is 18.2 Å². The van der Waals surface area contributed by atoms with Crippen molar-refractivity contribution in [3.63, 3.8) is 0 Å². The lowest BCUT2D eigenvalue weighted by atomic mass is 10.1. The zero-order valence-corrected chi connectivity index (χ0v) is 8.71. The Labute approximate surface area is 84.7 Å². The highest BCUT2D eigenvalue weighted by atomic mass is 16.5. The fourth-order valence-electron chi connectivity index (χ4n) is 1.34. The molecule has 0 heterocycles. The van der Waals surface area contributed by atoms with Crippen molar-refractivity contribution in [3.8, 4) is 5.75 Å². The van der Waals surface area contributed by atoms with Gasteiger partial charge in [-0.3, -0.25) is 0 Å². The summed E-state index contributed by atoms with van der Waals surface area (Å²) in [6, 6.07) is 5.68. The summed E-state index contributed by atoms with van der Waals surface area (Å²) in [6.07, 6.45) is 0.843. The van der Waals surface area contributed by atoms with E-state index in [1.165, 1.54) is 0 Å². The minimum absolute atomic E-state index is 0.356. The number of benzene rings is 1. The highest BCUT2D eigenvalue weighted by molar-refractivity contribution is 5.36. The zero-order chi connectivity index (χ0) is 10.4. The number of ether oxygens (including phenoxy) is 1. The van der Waals surface area contributed by atoms with Crippen molar-refractivity contribution in [2.24, 2.45) is 0 Å². The molecule has 0 atom stereocenters. The second-order valence-corrected chi connectivity index (χ2v) is 3.25. The van der Waals surface area contributed by atoms with E-state index in [1.807, 2.05) is 19.2 Å². The number of hydrogen-bond donors (Lipinski definition) is 2. The summed E-state index contributed by atoms with van der Waals surface area (Å²) in [5, 5.41) is 12.7. The van der Waals surface area contributed by atoms with E-state index in [2.05, 4.69) is 5.32 Å². The average Bonchev–Trinajstić information content (AvgIpc) is 2.17. The van der Waals surface area contributed by atoms with E-state index in [4.69, 9.17) is 4.74 Å². The van der Waals surface area contributed by atoms with E-state index in [-0.39, 0.29) is 0 Å². The van der Waals surface area contributed by atoms with Crippen molar-refractivity contribution in [2.45, 2.75) is 13.0 Å². The number of hydrogen-bond acceptors (Lipinski definition) is 3. The van der Waals surface area contributed by atoms with Crippen molar-refractivity contribution in [1.29, 1.82) is 0 Å². The summed E-state index contributed by atoms with van der Waals surface area (Å²) in [4.78, 5) is 0. The number of nitrogens with one attached hydrogen (secondary N) is 1. The monoisotopic (exact) mass is 195 g/mol. The van der Waals surface area contributed by atoms with E-state index in [1.54, 1.807) is 13.2 Å². The molecule has 0 spiro atoms. The van der Waals surface area contributed by atoms with Crippen molar-refractivity contribution in [3.05, 3.63) is 29.3 Å². The first kappa shape index (κ1) is 11.0. The van der Waals surface area contributed by atoms with E-state index in [0.717, 1.165) is 24.1 Å². The molecule has 0 aromatic heterocycles. The van der Waals surface area contributed by atoms with E-state index in [0.29, 0.717) is 12.4 Å². The number of aromatic hydroxyl groups is 1. The Morgan fingerprint density at radius 2 is 2.21 bits per heavy atom. The molecule has 78 valence electrons. The molecule has 0 unspecified atom stereocenters. The van der Waals surface area contributed by atoms with Crippen molar-refractivity contribution < 1.29 is 9.84 Å². The lowest BCUT2D eigenvalue weighted by molar-refractivity contribution is 0.184. The number of likely N-dealkylation sites (N-methyl/N-ethyl adjacent to an activating group) is 1. The van der Waals surface area contributed by atoms with Crippen molar-refractivity contribution in [1.82, 2.24) is 5.32 Å². The Kier molecular flexibility index (Phi) is 4.43. The molecule has 3 nitrogen and oxygen atoms in total. The van der Waals surface area contributed by atoms with Crippen LogP contribution >= 0.6 is 0 Å². The normalized spacial score (nSPS) is 10.4. The van der Waals surface area contributed by atoms with Gasteiger partial charge in [-0.05, 0) is 37.2 Å². The molecule has 0 aliphatic heterocycles. The third-order valence-electron chi connectivity index (χ3n) is 2.11. The van der Waals surface area contributed by atoms with Gasteiger partial charge in [0, 0.05) is 7.11 Å². The molecule has 1 aromatic carbocycles. The maximum absolute atomic E-state index is 9.66. The van der Waals surface area contributed by atoms with E-state index >= 15 is 0 Å². The molecule has 1 aromatic rings. The first-order valence-electron chi connectivity index (χ1n) is 4.72. The summed E-state index contributed by atoms with van der Waals surface area (Å²) in [6.45, 7) is 1.41. The topological polar surface area (TPSA) is 41.5 Å². The molecule has 0 bridgehead atoms. The van der Waals surface area contributed by atoms with Crippen LogP contribution in [0.4, 0.5) is 0 Å². The first-order valence-corrected chi connectivity index (χ1v) is 4.72. The fourth-order valence-corrected chi connectivity index (χ4v) is 1.34. The van der Waals surface area contributed by atoms with Crippen LogP contribution in [0, 0.1) is 0 Å². The van der Waals surface area contributed by atoms with Gasteiger partial charge in [-0.15, -0.1) is 0 Å². The summed E-state index contributed by atoms with van der Waals surface area (Å²) < 4.78 is 4.98. The molecule has 0 radical (unpaired) electrons. The predicted octanol–water partition coefficient (Wildman–Crippen LogP) is 1.30. The lowest BCUT2D eigenvalue weighted by Crippen LogP contribution is -2.10. The molecule has 0 aliphatic carbocycles. The Bertz CT molecular complexity index is 287. The SMILES string of the molecule is CNCCc1ccc(COC)cc1O. The maximum Gasteiger partial charge on any atom is 0.119 e. The summed E-state index contributed by atoms with van der Waals surface area (Å²) in [5.74, 6) is 0.356. The quantitative estimate of drug-likeness (QED) is 0.744. The summed E-state index contributed by atoms with van der Waals surface area (Å²) in [5.41, 5.74) is 1.97. The molecule has 3 heteroatoms. The lowest BCUT2D eigenvalue weighted by Gasteiger charge is -2.06. The molecule has 2 N–H and O–H groups in total. The van der Waals surface area contributed by atoms with Crippen molar-refractivity contribution in [2.75, 3.05) is 20.7 Å². The molecule has 0 saturated carbocycles. The van der Waals surface area contributed by atoms with Crippen LogP contribution in [0.2, 0.25) is 0 Å². The number of phenols is 1. The van der Waals surface area contributed by atoms with Crippen molar-refractivity contribution >= 4 is 0 Å². The van der Waals surface area contributed by atoms with E-state index < -0.39 is 0 Å². The highest BCUT2D eigenvalue weighted by Crippen LogP contribution is 2.19. The Balaban J connectivity index is 2.68. The summed E-state index contributed by atoms with van der Waals surface area (Å²) in [7, 11) is 3.54. The fraction of sp³-hybridized carbons (Fsp3) is 0.455. The average molecular weight is 195 g/mol. The zero-order valence-electron chi connectivity index (χ0n) is 8.71. The van der Waals surface area contributed by atoms with Crippen LogP contribution in [0.3, 0.4) is 0 Å². The van der Waals surface area contributed by atoms with Gasteiger partial charge in [-0.2, -0.15) is 0 Å². The van der Waals surface area contributed by atoms with Gasteiger partial charge in [-0.25, -0.2) is 0 Å². The molecule has 0 fully saturated rings. The number of methoxy groups -OCH3 is 1. The second kappa shape index (κ2) is 5.62. The second-order valence-electron chi connectivity index (χ2n) is 3.25. The molecule has 0 aliphatic rings. The van der Waals surface area contributed by atoms with Crippen LogP contribution in [0.25, 0.3) is 0 Å². The molecule has 0 amide bonds. The molecular formula is C11H17NO2. The van der Waals surface area contributed by atoms with Gasteiger partial charge in [0.05, 0.1) is 6.61 Å². The Morgan fingerprint density at radius 1 is 1.43 bits per heavy atom. The van der Waals surface area contributed by atoms with Crippen LogP contribution in [0.5, 0.6) is 5.75 Å². The van der Waals surface area contributed by atoms with Gasteiger partial charge < -0.3 is 15.2 Å². The largest absolute Gasteiger partial charge is 0.508 e. The summed E-state index contributed by atoms with van der Waals surface area (Å²) >= 11 is 0. The smallest absolute Gasteiger partial charge is 0.119 e. The van der Waals surface area contributed by atoms with Crippen LogP contribution in [-0.4, -0.2) is 25.8 Å². The first-order chi connectivity index (χ1) is 6.77. The standard InChI is InChI=1S/C11H17NO2/c1-12-6-5-10-4-3-9(8-14-2)7-11(10)13/h3-4,7,12-13H,5-6,8H2,1-2H3. The van der Waals surface area contributed by atoms with Gasteiger partial charge in [0.1, 0.15) is 5.75 Å². The van der Waals surface area contributed by atoms with Crippen LogP contribution < -0.4 is 5.32 Å². The van der Waals surface area contributed by atoms with Crippen LogP contribution in [-0.2, 0) is 17.8 Å². The minimum atomic E-state index is 0.356. The third-order valence-corrected chi connectivity index (χ3v) is 2.11. The Morgan fingerprint density at radius 3 is 2.79 bits per heavy atom. The number of rotatable bonds is 5. The van der Waals surface area contributed by atoms with E-state index in [9.17, 15) is 5.11 Å². The highest BCUT2D eigenvalue weighted by Gasteiger charge is 2.01. The van der Waals surface area contributed by atoms with Gasteiger partial charge in [-0.1, -0.05) is 12.1 Å². The van der Waals surface area contributed by atoms with Gasteiger partial charge in [0.15, 0.2) is 0 Å².